The number of fused-ring (bicyclic) bond motifs is 6. The Balaban J connectivity index is 1.02. The van der Waals surface area contributed by atoms with Gasteiger partial charge in [-0.25, -0.2) is 4.98 Å². The van der Waals surface area contributed by atoms with Gasteiger partial charge in [0, 0.05) is 62.8 Å². The van der Waals surface area contributed by atoms with Crippen LogP contribution < -0.4 is 0 Å². The summed E-state index contributed by atoms with van der Waals surface area (Å²) < 4.78 is 4.64. The van der Waals surface area contributed by atoms with Crippen molar-refractivity contribution in [3.05, 3.63) is 194 Å². The summed E-state index contributed by atoms with van der Waals surface area (Å²) in [6, 6.07) is 53.2. The SMILES string of the molecule is C1=CCC(c2cccc(-c3ccc4c(c3)c3ncccc3n4-c3cccc(-n4c5ccc(-c6cccc(-c7ccccc7)n6)cc5c5ncccc54)c3)n2)C=C1. The van der Waals surface area contributed by atoms with Gasteiger partial charge in [0.1, 0.15) is 0 Å². The predicted octanol–water partition coefficient (Wildman–Crippen LogP) is 12.1. The molecule has 11 rings (SSSR count). The van der Waals surface area contributed by atoms with E-state index < -0.39 is 0 Å². The average Bonchev–Trinajstić information content (AvgIpc) is 3.79. The third-order valence-corrected chi connectivity index (χ3v) is 10.9. The zero-order chi connectivity index (χ0) is 37.0. The topological polar surface area (TPSA) is 61.4 Å². The minimum atomic E-state index is 0.293. The van der Waals surface area contributed by atoms with Crippen molar-refractivity contribution in [2.24, 2.45) is 0 Å². The van der Waals surface area contributed by atoms with Gasteiger partial charge in [-0.3, -0.25) is 15.0 Å². The fraction of sp³-hybridized carbons (Fsp3) is 0.0400. The van der Waals surface area contributed by atoms with Crippen LogP contribution in [-0.4, -0.2) is 29.1 Å². The van der Waals surface area contributed by atoms with Crippen molar-refractivity contribution in [3.63, 3.8) is 0 Å². The molecule has 6 aromatic heterocycles. The van der Waals surface area contributed by atoms with E-state index in [0.29, 0.717) is 5.92 Å². The molecule has 0 radical (unpaired) electrons. The van der Waals surface area contributed by atoms with Crippen LogP contribution in [0.15, 0.2) is 188 Å². The molecule has 56 heavy (non-hydrogen) atoms. The van der Waals surface area contributed by atoms with E-state index >= 15 is 0 Å². The van der Waals surface area contributed by atoms with Crippen LogP contribution >= 0.6 is 0 Å². The fourth-order valence-electron chi connectivity index (χ4n) is 8.30. The lowest BCUT2D eigenvalue weighted by atomic mass is 9.96. The standard InChI is InChI=1S/C50H34N6/c1-3-12-33(13-4-1)41-18-8-20-43(53-41)35-24-26-45-39(30-35)49-47(22-10-28-51-49)55(45)37-16-7-17-38(32-37)56-46-27-25-36(31-40(46)50-48(56)23-11-29-52-50)44-21-9-19-42(54-44)34-14-5-2-6-15-34/h1-14,16-32,34H,15H2. The normalized spacial score (nSPS) is 14.0. The van der Waals surface area contributed by atoms with E-state index in [1.165, 1.54) is 0 Å². The lowest BCUT2D eigenvalue weighted by Gasteiger charge is -2.14. The second kappa shape index (κ2) is 13.1. The maximum atomic E-state index is 5.12. The van der Waals surface area contributed by atoms with Crippen LogP contribution in [0.1, 0.15) is 18.0 Å². The van der Waals surface area contributed by atoms with Crippen LogP contribution in [-0.2, 0) is 0 Å². The van der Waals surface area contributed by atoms with Gasteiger partial charge in [0.2, 0.25) is 0 Å². The molecule has 6 nitrogen and oxygen atoms in total. The number of hydrogen-bond donors (Lipinski definition) is 0. The molecule has 4 aromatic carbocycles. The van der Waals surface area contributed by atoms with E-state index in [0.717, 1.165) is 101 Å². The fourth-order valence-corrected chi connectivity index (χ4v) is 8.30. The highest BCUT2D eigenvalue weighted by Gasteiger charge is 2.19. The van der Waals surface area contributed by atoms with E-state index in [-0.39, 0.29) is 0 Å². The van der Waals surface area contributed by atoms with Crippen molar-refractivity contribution in [3.8, 4) is 45.1 Å². The molecule has 0 bridgehead atoms. The Bertz CT molecular complexity index is 3190. The van der Waals surface area contributed by atoms with Gasteiger partial charge in [-0.2, -0.15) is 0 Å². The summed E-state index contributed by atoms with van der Waals surface area (Å²) in [5, 5.41) is 2.17. The Morgan fingerprint density at radius 3 is 1.66 bits per heavy atom. The quantitative estimate of drug-likeness (QED) is 0.172. The molecular formula is C50H34N6. The van der Waals surface area contributed by atoms with E-state index in [1.807, 2.05) is 42.7 Å². The monoisotopic (exact) mass is 718 g/mol. The first kappa shape index (κ1) is 32.0. The van der Waals surface area contributed by atoms with Crippen molar-refractivity contribution in [1.82, 2.24) is 29.1 Å². The largest absolute Gasteiger partial charge is 0.308 e. The first-order valence-electron chi connectivity index (χ1n) is 19.0. The maximum absolute atomic E-state index is 5.12. The Hall–Kier alpha value is -7.44. The maximum Gasteiger partial charge on any atom is 0.0963 e. The van der Waals surface area contributed by atoms with Gasteiger partial charge in [0.15, 0.2) is 0 Å². The second-order valence-corrected chi connectivity index (χ2v) is 14.3. The van der Waals surface area contributed by atoms with Crippen LogP contribution in [0.2, 0.25) is 0 Å². The molecule has 6 heterocycles. The van der Waals surface area contributed by atoms with Gasteiger partial charge >= 0.3 is 0 Å². The molecule has 0 fully saturated rings. The van der Waals surface area contributed by atoms with E-state index in [9.17, 15) is 0 Å². The highest BCUT2D eigenvalue weighted by Crippen LogP contribution is 2.37. The number of allylic oxidation sites excluding steroid dienone is 4. The van der Waals surface area contributed by atoms with Crippen molar-refractivity contribution < 1.29 is 0 Å². The summed E-state index contributed by atoms with van der Waals surface area (Å²) in [5.74, 6) is 0.293. The molecule has 1 unspecified atom stereocenters. The van der Waals surface area contributed by atoms with Gasteiger partial charge in [-0.1, -0.05) is 85.0 Å². The molecule has 0 amide bonds. The second-order valence-electron chi connectivity index (χ2n) is 14.3. The molecule has 0 N–H and O–H groups in total. The minimum absolute atomic E-state index is 0.293. The van der Waals surface area contributed by atoms with Crippen molar-refractivity contribution in [2.45, 2.75) is 12.3 Å². The minimum Gasteiger partial charge on any atom is -0.308 e. The van der Waals surface area contributed by atoms with Crippen LogP contribution in [0.25, 0.3) is 89.0 Å². The van der Waals surface area contributed by atoms with Crippen LogP contribution in [0.5, 0.6) is 0 Å². The zero-order valence-electron chi connectivity index (χ0n) is 30.4. The Morgan fingerprint density at radius 2 is 1.04 bits per heavy atom. The summed E-state index contributed by atoms with van der Waals surface area (Å²) in [6.45, 7) is 0. The number of nitrogens with zero attached hydrogens (tertiary/aromatic N) is 6. The highest BCUT2D eigenvalue weighted by atomic mass is 15.0. The third-order valence-electron chi connectivity index (χ3n) is 10.9. The van der Waals surface area contributed by atoms with E-state index in [2.05, 4.69) is 155 Å². The Labute approximate surface area is 323 Å². The van der Waals surface area contributed by atoms with Crippen LogP contribution in [0.4, 0.5) is 0 Å². The van der Waals surface area contributed by atoms with Gasteiger partial charge in [0.25, 0.3) is 0 Å². The Kier molecular flexibility index (Phi) is 7.52. The number of benzene rings is 4. The lowest BCUT2D eigenvalue weighted by Crippen LogP contribution is -2.00. The lowest BCUT2D eigenvalue weighted by molar-refractivity contribution is 0.817. The number of pyridine rings is 4. The zero-order valence-corrected chi connectivity index (χ0v) is 30.4. The Morgan fingerprint density at radius 1 is 0.446 bits per heavy atom. The molecule has 0 saturated carbocycles. The molecule has 264 valence electrons. The third kappa shape index (κ3) is 5.34. The summed E-state index contributed by atoms with van der Waals surface area (Å²) >= 11 is 0. The number of rotatable bonds is 6. The summed E-state index contributed by atoms with van der Waals surface area (Å²) in [7, 11) is 0. The first-order valence-corrected chi connectivity index (χ1v) is 19.0. The predicted molar refractivity (Wildman–Crippen MR) is 228 cm³/mol. The van der Waals surface area contributed by atoms with Gasteiger partial charge in [-0.05, 0) is 97.4 Å². The summed E-state index contributed by atoms with van der Waals surface area (Å²) in [6.07, 6.45) is 13.4. The molecule has 0 aliphatic heterocycles. The molecular weight excluding hydrogens is 685 g/mol. The smallest absolute Gasteiger partial charge is 0.0963 e. The molecule has 10 aromatic rings. The number of aromatic nitrogens is 6. The van der Waals surface area contributed by atoms with Crippen LogP contribution in [0, 0.1) is 0 Å². The molecule has 1 aliphatic rings. The molecule has 0 spiro atoms. The van der Waals surface area contributed by atoms with Crippen molar-refractivity contribution >= 4 is 43.9 Å². The van der Waals surface area contributed by atoms with Gasteiger partial charge in [0.05, 0.1) is 50.2 Å². The first-order chi connectivity index (χ1) is 27.8. The highest BCUT2D eigenvalue weighted by molar-refractivity contribution is 6.09. The summed E-state index contributed by atoms with van der Waals surface area (Å²) in [5.41, 5.74) is 15.5. The van der Waals surface area contributed by atoms with Crippen molar-refractivity contribution in [2.75, 3.05) is 0 Å². The summed E-state index contributed by atoms with van der Waals surface area (Å²) in [4.78, 5) is 20.0. The van der Waals surface area contributed by atoms with Crippen molar-refractivity contribution in [1.29, 1.82) is 0 Å². The van der Waals surface area contributed by atoms with Gasteiger partial charge < -0.3 is 9.13 Å². The number of hydrogen-bond acceptors (Lipinski definition) is 4. The van der Waals surface area contributed by atoms with E-state index in [1.54, 1.807) is 0 Å². The molecule has 1 aliphatic carbocycles. The molecule has 0 saturated heterocycles. The van der Waals surface area contributed by atoms with Gasteiger partial charge in [-0.15, -0.1) is 0 Å². The molecule has 1 atom stereocenters. The molecule has 6 heteroatoms. The van der Waals surface area contributed by atoms with Crippen LogP contribution in [0.3, 0.4) is 0 Å². The average molecular weight is 719 g/mol. The van der Waals surface area contributed by atoms with E-state index in [4.69, 9.17) is 19.9 Å².